The standard InChI is InChI=1S/C20H22N4O7S4/c1-33(26,27)17-4-2-3-5-18(17)35(30,31)24-10-8-13(9-11-24)19(25)23-20-22-15-7-6-14(34(21,28)29)12-16(15)32-20/h2-7,12-13H,8-11H2,1H3,(H2,21,28,29)(H,22,23,25). The number of aromatic nitrogens is 1. The second-order valence-corrected chi connectivity index (χ2v) is 14.6. The number of nitrogens with zero attached hydrogens (tertiary/aromatic N) is 2. The van der Waals surface area contributed by atoms with Crippen LogP contribution in [0.25, 0.3) is 10.2 Å². The second-order valence-electron chi connectivity index (χ2n) is 8.08. The second kappa shape index (κ2) is 9.22. The van der Waals surface area contributed by atoms with Crippen molar-refractivity contribution in [3.05, 3.63) is 42.5 Å². The third-order valence-corrected chi connectivity index (χ3v) is 10.7. The predicted molar refractivity (Wildman–Crippen MR) is 131 cm³/mol. The summed E-state index contributed by atoms with van der Waals surface area (Å²) in [6.45, 7) is 0.103. The van der Waals surface area contributed by atoms with E-state index in [1.54, 1.807) is 0 Å². The highest BCUT2D eigenvalue weighted by atomic mass is 32.2. The molecule has 1 amide bonds. The Bertz CT molecular complexity index is 1620. The molecular formula is C20H22N4O7S4. The van der Waals surface area contributed by atoms with Crippen molar-refractivity contribution in [3.63, 3.8) is 0 Å². The molecule has 0 bridgehead atoms. The largest absolute Gasteiger partial charge is 0.302 e. The van der Waals surface area contributed by atoms with Gasteiger partial charge in [0.15, 0.2) is 15.0 Å². The molecule has 1 aromatic heterocycles. The first-order valence-corrected chi connectivity index (χ1v) is 16.0. The Hall–Kier alpha value is -2.43. The maximum atomic E-state index is 13.1. The van der Waals surface area contributed by atoms with Crippen LogP contribution in [0, 0.1) is 5.92 Å². The topological polar surface area (TPSA) is 174 Å². The number of amides is 1. The van der Waals surface area contributed by atoms with Crippen LogP contribution in [0.3, 0.4) is 0 Å². The summed E-state index contributed by atoms with van der Waals surface area (Å²) in [6, 6.07) is 9.66. The van der Waals surface area contributed by atoms with Crippen LogP contribution in [-0.4, -0.2) is 59.8 Å². The lowest BCUT2D eigenvalue weighted by molar-refractivity contribution is -0.120. The number of nitrogens with two attached hydrogens (primary N) is 1. The van der Waals surface area contributed by atoms with Crippen LogP contribution in [-0.2, 0) is 34.7 Å². The number of thiazole rings is 1. The zero-order valence-electron chi connectivity index (χ0n) is 18.4. The van der Waals surface area contributed by atoms with Crippen molar-refractivity contribution in [1.29, 1.82) is 0 Å². The van der Waals surface area contributed by atoms with Gasteiger partial charge >= 0.3 is 0 Å². The Morgan fingerprint density at radius 1 is 1.03 bits per heavy atom. The maximum Gasteiger partial charge on any atom is 0.244 e. The fraction of sp³-hybridized carbons (Fsp3) is 0.300. The molecule has 0 atom stereocenters. The number of sulfone groups is 1. The number of carbonyl (C=O) groups excluding carboxylic acids is 1. The number of carbonyl (C=O) groups is 1. The molecular weight excluding hydrogens is 537 g/mol. The minimum Gasteiger partial charge on any atom is -0.302 e. The van der Waals surface area contributed by atoms with Gasteiger partial charge in [-0.3, -0.25) is 4.79 Å². The van der Waals surface area contributed by atoms with Crippen molar-refractivity contribution in [1.82, 2.24) is 9.29 Å². The number of anilines is 1. The number of hydrogen-bond acceptors (Lipinski definition) is 9. The normalized spacial score (nSPS) is 16.4. The molecule has 3 aromatic rings. The molecule has 0 spiro atoms. The fourth-order valence-corrected chi connectivity index (χ4v) is 8.40. The monoisotopic (exact) mass is 558 g/mol. The maximum absolute atomic E-state index is 13.1. The molecule has 1 saturated heterocycles. The Balaban J connectivity index is 1.45. The average molecular weight is 559 g/mol. The number of rotatable bonds is 6. The van der Waals surface area contributed by atoms with Gasteiger partial charge in [0.2, 0.25) is 26.0 Å². The predicted octanol–water partition coefficient (Wildman–Crippen LogP) is 1.39. The van der Waals surface area contributed by atoms with Gasteiger partial charge in [0.05, 0.1) is 20.0 Å². The SMILES string of the molecule is CS(=O)(=O)c1ccccc1S(=O)(=O)N1CCC(C(=O)Nc2nc3ccc(S(N)(=O)=O)cc3s2)CC1. The van der Waals surface area contributed by atoms with Crippen LogP contribution in [0.2, 0.25) is 0 Å². The summed E-state index contributed by atoms with van der Waals surface area (Å²) in [7, 11) is -11.7. The number of nitrogens with one attached hydrogen (secondary N) is 1. The third kappa shape index (κ3) is 5.39. The summed E-state index contributed by atoms with van der Waals surface area (Å²) >= 11 is 1.10. The van der Waals surface area contributed by atoms with E-state index in [0.717, 1.165) is 17.6 Å². The highest BCUT2D eigenvalue weighted by molar-refractivity contribution is 7.93. The van der Waals surface area contributed by atoms with Crippen molar-refractivity contribution in [2.45, 2.75) is 27.5 Å². The molecule has 0 aliphatic carbocycles. The third-order valence-electron chi connectivity index (χ3n) is 5.61. The first-order chi connectivity index (χ1) is 16.3. The molecule has 35 heavy (non-hydrogen) atoms. The molecule has 2 aromatic carbocycles. The molecule has 1 aliphatic rings. The van der Waals surface area contributed by atoms with Gasteiger partial charge in [0.25, 0.3) is 0 Å². The number of piperidine rings is 1. The molecule has 0 radical (unpaired) electrons. The molecule has 0 unspecified atom stereocenters. The van der Waals surface area contributed by atoms with Gasteiger partial charge in [-0.25, -0.2) is 35.4 Å². The minimum atomic E-state index is -4.06. The molecule has 3 N–H and O–H groups in total. The van der Waals surface area contributed by atoms with E-state index < -0.39 is 35.8 Å². The zero-order valence-corrected chi connectivity index (χ0v) is 21.7. The van der Waals surface area contributed by atoms with Crippen molar-refractivity contribution in [2.75, 3.05) is 24.7 Å². The lowest BCUT2D eigenvalue weighted by Gasteiger charge is -2.30. The van der Waals surface area contributed by atoms with Crippen LogP contribution < -0.4 is 10.5 Å². The fourth-order valence-electron chi connectivity index (χ4n) is 3.81. The van der Waals surface area contributed by atoms with Crippen LogP contribution >= 0.6 is 11.3 Å². The lowest BCUT2D eigenvalue weighted by atomic mass is 9.97. The van der Waals surface area contributed by atoms with Gasteiger partial charge in [-0.15, -0.1) is 0 Å². The molecule has 4 rings (SSSR count). The number of hydrogen-bond donors (Lipinski definition) is 2. The molecule has 1 aliphatic heterocycles. The number of fused-ring (bicyclic) bond motifs is 1. The van der Waals surface area contributed by atoms with Crippen molar-refractivity contribution >= 4 is 62.5 Å². The van der Waals surface area contributed by atoms with E-state index in [4.69, 9.17) is 5.14 Å². The highest BCUT2D eigenvalue weighted by Crippen LogP contribution is 2.31. The number of sulfonamides is 2. The summed E-state index contributed by atoms with van der Waals surface area (Å²) in [6.07, 6.45) is 1.44. The van der Waals surface area contributed by atoms with Crippen LogP contribution in [0.15, 0.2) is 57.2 Å². The Morgan fingerprint density at radius 2 is 1.66 bits per heavy atom. The van der Waals surface area contributed by atoms with E-state index >= 15 is 0 Å². The van der Waals surface area contributed by atoms with Gasteiger partial charge in [0.1, 0.15) is 4.90 Å². The summed E-state index contributed by atoms with van der Waals surface area (Å²) in [5.74, 6) is -0.803. The van der Waals surface area contributed by atoms with Gasteiger partial charge in [-0.1, -0.05) is 23.5 Å². The molecule has 15 heteroatoms. The van der Waals surface area contributed by atoms with Gasteiger partial charge in [-0.05, 0) is 43.2 Å². The minimum absolute atomic E-state index is 0.0517. The summed E-state index contributed by atoms with van der Waals surface area (Å²) in [5.41, 5.74) is 0.503. The highest BCUT2D eigenvalue weighted by Gasteiger charge is 2.34. The van der Waals surface area contributed by atoms with Crippen LogP contribution in [0.1, 0.15) is 12.8 Å². The Kier molecular flexibility index (Phi) is 6.76. The molecule has 11 nitrogen and oxygen atoms in total. The van der Waals surface area contributed by atoms with Crippen LogP contribution in [0.5, 0.6) is 0 Å². The number of benzene rings is 2. The Labute approximate surface area is 207 Å². The van der Waals surface area contributed by atoms with E-state index in [-0.39, 0.29) is 51.7 Å². The zero-order chi connectivity index (χ0) is 25.6. The number of primary sulfonamides is 1. The first-order valence-electron chi connectivity index (χ1n) is 10.3. The molecule has 188 valence electrons. The first kappa shape index (κ1) is 25.7. The molecule has 2 heterocycles. The van der Waals surface area contributed by atoms with Gasteiger partial charge in [-0.2, -0.15) is 4.31 Å². The van der Waals surface area contributed by atoms with Crippen molar-refractivity contribution < 1.29 is 30.0 Å². The summed E-state index contributed by atoms with van der Waals surface area (Å²) < 4.78 is 75.2. The molecule has 1 fully saturated rings. The smallest absolute Gasteiger partial charge is 0.244 e. The van der Waals surface area contributed by atoms with Crippen molar-refractivity contribution in [3.8, 4) is 0 Å². The summed E-state index contributed by atoms with van der Waals surface area (Å²) in [5, 5.41) is 8.15. The molecule has 0 saturated carbocycles. The summed E-state index contributed by atoms with van der Waals surface area (Å²) in [4.78, 5) is 16.5. The Morgan fingerprint density at radius 3 is 2.26 bits per heavy atom. The van der Waals surface area contributed by atoms with E-state index in [1.807, 2.05) is 0 Å². The van der Waals surface area contributed by atoms with Gasteiger partial charge in [0, 0.05) is 25.3 Å². The van der Waals surface area contributed by atoms with E-state index in [2.05, 4.69) is 10.3 Å². The van der Waals surface area contributed by atoms with Gasteiger partial charge < -0.3 is 5.32 Å². The quantitative estimate of drug-likeness (QED) is 0.456. The van der Waals surface area contributed by atoms with E-state index in [9.17, 15) is 30.0 Å². The van der Waals surface area contributed by atoms with Crippen molar-refractivity contribution in [2.24, 2.45) is 11.1 Å². The van der Waals surface area contributed by atoms with Crippen LogP contribution in [0.4, 0.5) is 5.13 Å². The lowest BCUT2D eigenvalue weighted by Crippen LogP contribution is -2.41. The van der Waals surface area contributed by atoms with E-state index in [0.29, 0.717) is 10.2 Å². The average Bonchev–Trinajstić information content (AvgIpc) is 3.19. The van der Waals surface area contributed by atoms with E-state index in [1.165, 1.54) is 46.8 Å².